The first kappa shape index (κ1) is 9.91. The molecule has 1 aliphatic heterocycles. The number of nitrogens with one attached hydrogen (secondary N) is 2. The summed E-state index contributed by atoms with van der Waals surface area (Å²) >= 11 is 0. The molecule has 15 heavy (non-hydrogen) atoms. The molecule has 1 aromatic heterocycles. The van der Waals surface area contributed by atoms with Crippen LogP contribution in [0.4, 0.5) is 5.95 Å². The smallest absolute Gasteiger partial charge is 0.336 e. The Morgan fingerprint density at radius 1 is 1.73 bits per heavy atom. The largest absolute Gasteiger partial charge is 0.466 e. The van der Waals surface area contributed by atoms with E-state index in [0.29, 0.717) is 19.2 Å². The Hall–Kier alpha value is -1.63. The minimum atomic E-state index is -0.105. The Morgan fingerprint density at radius 3 is 3.20 bits per heavy atom. The number of anilines is 1. The molecular weight excluding hydrogens is 200 g/mol. The van der Waals surface area contributed by atoms with Crippen LogP contribution in [0.3, 0.4) is 0 Å². The zero-order chi connectivity index (χ0) is 10.7. The lowest BCUT2D eigenvalue weighted by Gasteiger charge is -2.05. The molecule has 2 heterocycles. The van der Waals surface area contributed by atoms with Crippen molar-refractivity contribution in [2.24, 2.45) is 5.92 Å². The molecule has 1 saturated heterocycles. The van der Waals surface area contributed by atoms with Crippen LogP contribution in [0, 0.1) is 5.92 Å². The Kier molecular flexibility index (Phi) is 2.82. The van der Waals surface area contributed by atoms with Gasteiger partial charge in [0.15, 0.2) is 0 Å². The third-order valence-corrected chi connectivity index (χ3v) is 2.19. The molecule has 1 aromatic rings. The average molecular weight is 212 g/mol. The molecule has 0 bridgehead atoms. The van der Waals surface area contributed by atoms with Crippen LogP contribution in [0.1, 0.15) is 6.42 Å². The maximum absolute atomic E-state index is 11.6. The fourth-order valence-corrected chi connectivity index (χ4v) is 1.35. The SMILES string of the molecule is COc1n[nH]c(NC(=O)C2CCOC2)n1. The number of carbonyl (C=O) groups is 1. The zero-order valence-corrected chi connectivity index (χ0v) is 8.32. The summed E-state index contributed by atoms with van der Waals surface area (Å²) in [4.78, 5) is 15.5. The van der Waals surface area contributed by atoms with Crippen molar-refractivity contribution in [2.75, 3.05) is 25.6 Å². The van der Waals surface area contributed by atoms with Crippen molar-refractivity contribution in [2.45, 2.75) is 6.42 Å². The van der Waals surface area contributed by atoms with Gasteiger partial charge in [0.05, 0.1) is 19.6 Å². The molecule has 2 rings (SSSR count). The van der Waals surface area contributed by atoms with Gasteiger partial charge in [0.25, 0.3) is 0 Å². The number of hydrogen-bond donors (Lipinski definition) is 2. The van der Waals surface area contributed by atoms with Gasteiger partial charge in [-0.2, -0.15) is 4.98 Å². The second-order valence-electron chi connectivity index (χ2n) is 3.22. The first-order valence-corrected chi connectivity index (χ1v) is 4.64. The Morgan fingerprint density at radius 2 is 2.60 bits per heavy atom. The van der Waals surface area contributed by atoms with Crippen molar-refractivity contribution in [1.29, 1.82) is 0 Å². The molecule has 7 nitrogen and oxygen atoms in total. The highest BCUT2D eigenvalue weighted by atomic mass is 16.5. The number of rotatable bonds is 3. The van der Waals surface area contributed by atoms with Gasteiger partial charge in [0.1, 0.15) is 0 Å². The lowest BCUT2D eigenvalue weighted by molar-refractivity contribution is -0.119. The summed E-state index contributed by atoms with van der Waals surface area (Å²) in [5.41, 5.74) is 0. The standard InChI is InChI=1S/C8H12N4O3/c1-14-8-10-7(11-12-8)9-6(13)5-2-3-15-4-5/h5H,2-4H2,1H3,(H2,9,10,11,12,13). The molecule has 1 unspecified atom stereocenters. The normalized spacial score (nSPS) is 20.2. The monoisotopic (exact) mass is 212 g/mol. The van der Waals surface area contributed by atoms with E-state index in [4.69, 9.17) is 9.47 Å². The van der Waals surface area contributed by atoms with E-state index in [1.165, 1.54) is 7.11 Å². The molecule has 0 radical (unpaired) electrons. The maximum Gasteiger partial charge on any atom is 0.336 e. The van der Waals surface area contributed by atoms with E-state index < -0.39 is 0 Å². The Balaban J connectivity index is 1.92. The van der Waals surface area contributed by atoms with E-state index in [1.54, 1.807) is 0 Å². The van der Waals surface area contributed by atoms with Crippen LogP contribution >= 0.6 is 0 Å². The predicted molar refractivity (Wildman–Crippen MR) is 50.5 cm³/mol. The number of methoxy groups -OCH3 is 1. The molecule has 0 aliphatic carbocycles. The van der Waals surface area contributed by atoms with E-state index in [1.807, 2.05) is 0 Å². The highest BCUT2D eigenvalue weighted by Crippen LogP contribution is 2.14. The first-order chi connectivity index (χ1) is 7.29. The number of carbonyl (C=O) groups excluding carboxylic acids is 1. The lowest BCUT2D eigenvalue weighted by Crippen LogP contribution is -2.23. The number of hydrogen-bond acceptors (Lipinski definition) is 5. The highest BCUT2D eigenvalue weighted by molar-refractivity contribution is 5.91. The number of amides is 1. The predicted octanol–water partition coefficient (Wildman–Crippen LogP) is -0.212. The summed E-state index contributed by atoms with van der Waals surface area (Å²) in [6.07, 6.45) is 0.747. The number of nitrogens with zero attached hydrogens (tertiary/aromatic N) is 2. The van der Waals surface area contributed by atoms with Crippen LogP contribution in [-0.4, -0.2) is 41.4 Å². The number of aromatic nitrogens is 3. The number of aromatic amines is 1. The summed E-state index contributed by atoms with van der Waals surface area (Å²) in [7, 11) is 1.46. The van der Waals surface area contributed by atoms with Crippen molar-refractivity contribution in [3.63, 3.8) is 0 Å². The molecule has 0 aromatic carbocycles. The molecule has 0 saturated carbocycles. The van der Waals surface area contributed by atoms with Crippen LogP contribution in [0.15, 0.2) is 0 Å². The summed E-state index contributed by atoms with van der Waals surface area (Å²) < 4.78 is 9.88. The number of ether oxygens (including phenoxy) is 2. The summed E-state index contributed by atoms with van der Waals surface area (Å²) in [5, 5.41) is 8.87. The van der Waals surface area contributed by atoms with Crippen LogP contribution in [0.5, 0.6) is 6.01 Å². The minimum absolute atomic E-state index is 0.0962. The summed E-state index contributed by atoms with van der Waals surface area (Å²) in [6.45, 7) is 1.11. The van der Waals surface area contributed by atoms with Gasteiger partial charge >= 0.3 is 6.01 Å². The molecule has 0 spiro atoms. The van der Waals surface area contributed by atoms with Gasteiger partial charge in [0.2, 0.25) is 11.9 Å². The van der Waals surface area contributed by atoms with Crippen molar-refractivity contribution in [3.8, 4) is 6.01 Å². The molecule has 1 amide bonds. The van der Waals surface area contributed by atoms with Gasteiger partial charge in [-0.15, -0.1) is 5.10 Å². The lowest BCUT2D eigenvalue weighted by atomic mass is 10.1. The molecule has 2 N–H and O–H groups in total. The second-order valence-corrected chi connectivity index (χ2v) is 3.22. The summed E-state index contributed by atoms with van der Waals surface area (Å²) in [6, 6.07) is 0.202. The van der Waals surface area contributed by atoms with E-state index in [9.17, 15) is 4.79 Å². The maximum atomic E-state index is 11.6. The topological polar surface area (TPSA) is 89.1 Å². The summed E-state index contributed by atoms with van der Waals surface area (Å²) in [5.74, 6) is 0.0937. The second kappa shape index (κ2) is 4.26. The van der Waals surface area contributed by atoms with Crippen molar-refractivity contribution in [3.05, 3.63) is 0 Å². The van der Waals surface area contributed by atoms with Gasteiger partial charge in [0, 0.05) is 6.61 Å². The van der Waals surface area contributed by atoms with Gasteiger partial charge in [-0.1, -0.05) is 0 Å². The highest BCUT2D eigenvalue weighted by Gasteiger charge is 2.24. The minimum Gasteiger partial charge on any atom is -0.466 e. The molecule has 1 atom stereocenters. The van der Waals surface area contributed by atoms with E-state index in [-0.39, 0.29) is 17.8 Å². The van der Waals surface area contributed by atoms with Crippen molar-refractivity contribution < 1.29 is 14.3 Å². The van der Waals surface area contributed by atoms with Crippen LogP contribution in [0.25, 0.3) is 0 Å². The zero-order valence-electron chi connectivity index (χ0n) is 8.32. The van der Waals surface area contributed by atoms with E-state index >= 15 is 0 Å². The molecular formula is C8H12N4O3. The Labute approximate surface area is 86.2 Å². The average Bonchev–Trinajstić information content (AvgIpc) is 2.87. The van der Waals surface area contributed by atoms with Crippen molar-refractivity contribution in [1.82, 2.24) is 15.2 Å². The first-order valence-electron chi connectivity index (χ1n) is 4.64. The molecule has 1 fully saturated rings. The fourth-order valence-electron chi connectivity index (χ4n) is 1.35. The Bertz CT molecular complexity index is 345. The van der Waals surface area contributed by atoms with Crippen LogP contribution in [-0.2, 0) is 9.53 Å². The molecule has 1 aliphatic rings. The number of H-pyrrole nitrogens is 1. The fraction of sp³-hybridized carbons (Fsp3) is 0.625. The van der Waals surface area contributed by atoms with Crippen LogP contribution in [0.2, 0.25) is 0 Å². The quantitative estimate of drug-likeness (QED) is 0.723. The third-order valence-electron chi connectivity index (χ3n) is 2.19. The molecule has 82 valence electrons. The van der Waals surface area contributed by atoms with Gasteiger partial charge in [-0.25, -0.2) is 5.10 Å². The van der Waals surface area contributed by atoms with Gasteiger partial charge in [-0.05, 0) is 6.42 Å². The molecule has 7 heteroatoms. The third kappa shape index (κ3) is 2.24. The van der Waals surface area contributed by atoms with Gasteiger partial charge in [-0.3, -0.25) is 10.1 Å². The van der Waals surface area contributed by atoms with Crippen molar-refractivity contribution >= 4 is 11.9 Å². The van der Waals surface area contributed by atoms with E-state index in [0.717, 1.165) is 6.42 Å². The van der Waals surface area contributed by atoms with E-state index in [2.05, 4.69) is 20.5 Å². The van der Waals surface area contributed by atoms with Gasteiger partial charge < -0.3 is 9.47 Å². The van der Waals surface area contributed by atoms with Crippen LogP contribution < -0.4 is 10.1 Å².